The van der Waals surface area contributed by atoms with Crippen LogP contribution in [0.5, 0.6) is 0 Å². The predicted octanol–water partition coefficient (Wildman–Crippen LogP) is 4.13. The lowest BCUT2D eigenvalue weighted by atomic mass is 10.1. The highest BCUT2D eigenvalue weighted by atomic mass is 32.1. The number of amides is 1. The maximum atomic E-state index is 12.6. The average molecular weight is 324 g/mol. The first-order chi connectivity index (χ1) is 11.0. The Morgan fingerprint density at radius 2 is 2.00 bits per heavy atom. The van der Waals surface area contributed by atoms with Gasteiger partial charge in [0.05, 0.1) is 10.7 Å². The first kappa shape index (κ1) is 15.7. The number of rotatable bonds is 4. The fourth-order valence-corrected chi connectivity index (χ4v) is 3.26. The molecular weight excluding hydrogens is 304 g/mol. The number of likely N-dealkylation sites (N-methyl/N-ethyl adjacent to an activating group) is 1. The van der Waals surface area contributed by atoms with Crippen LogP contribution in [0.3, 0.4) is 0 Å². The van der Waals surface area contributed by atoms with Crippen LogP contribution in [0.15, 0.2) is 47.4 Å². The highest BCUT2D eigenvalue weighted by Crippen LogP contribution is 2.28. The summed E-state index contributed by atoms with van der Waals surface area (Å²) in [7, 11) is 1.86. The lowest BCUT2D eigenvalue weighted by Crippen LogP contribution is -2.27. The molecule has 118 valence electrons. The van der Waals surface area contributed by atoms with Gasteiger partial charge in [0.1, 0.15) is 0 Å². The molecule has 1 heterocycles. The van der Waals surface area contributed by atoms with Gasteiger partial charge in [-0.05, 0) is 37.5 Å². The lowest BCUT2D eigenvalue weighted by Gasteiger charge is -2.18. The number of carbonyl (C=O) groups is 1. The van der Waals surface area contributed by atoms with Crippen molar-refractivity contribution < 1.29 is 4.79 Å². The molecule has 0 aliphatic heterocycles. The molecule has 1 aliphatic rings. The van der Waals surface area contributed by atoms with E-state index in [0.29, 0.717) is 13.0 Å². The second-order valence-electron chi connectivity index (χ2n) is 5.93. The highest BCUT2D eigenvalue weighted by Gasteiger charge is 2.19. The topological polar surface area (TPSA) is 33.2 Å². The van der Waals surface area contributed by atoms with Crippen LogP contribution < -0.4 is 0 Å². The van der Waals surface area contributed by atoms with E-state index in [9.17, 15) is 4.79 Å². The van der Waals surface area contributed by atoms with Crippen molar-refractivity contribution in [2.75, 3.05) is 7.05 Å². The van der Waals surface area contributed by atoms with Gasteiger partial charge in [-0.15, -0.1) is 11.3 Å². The number of hydrogen-bond acceptors (Lipinski definition) is 3. The Balaban J connectivity index is 1.67. The maximum Gasteiger partial charge on any atom is 0.250 e. The van der Waals surface area contributed by atoms with E-state index in [1.165, 1.54) is 5.56 Å². The van der Waals surface area contributed by atoms with Crippen molar-refractivity contribution >= 4 is 22.8 Å². The second kappa shape index (κ2) is 6.50. The zero-order valence-corrected chi connectivity index (χ0v) is 14.5. The molecule has 0 unspecified atom stereocenters. The minimum absolute atomic E-state index is 0.0868. The Bertz CT molecular complexity index is 784. The largest absolute Gasteiger partial charge is 0.338 e. The SMILES string of the molecule is Cc1ccc(CN(C)C(=O)C2=CC(c3csc(C)n3)=CC2)cc1. The second-order valence-corrected chi connectivity index (χ2v) is 6.99. The number of aryl methyl sites for hydroxylation is 2. The molecule has 0 fully saturated rings. The van der Waals surface area contributed by atoms with Crippen molar-refractivity contribution in [1.29, 1.82) is 0 Å². The van der Waals surface area contributed by atoms with Gasteiger partial charge in [0, 0.05) is 24.5 Å². The first-order valence-corrected chi connectivity index (χ1v) is 8.55. The fraction of sp³-hybridized carbons (Fsp3) is 0.263. The summed E-state index contributed by atoms with van der Waals surface area (Å²) in [6.45, 7) is 4.69. The third-order valence-corrected chi connectivity index (χ3v) is 4.72. The summed E-state index contributed by atoms with van der Waals surface area (Å²) in [6.07, 6.45) is 4.74. The molecule has 1 aromatic carbocycles. The van der Waals surface area contributed by atoms with Crippen LogP contribution in [0.4, 0.5) is 0 Å². The van der Waals surface area contributed by atoms with E-state index in [2.05, 4.69) is 42.2 Å². The van der Waals surface area contributed by atoms with E-state index in [1.807, 2.05) is 25.4 Å². The summed E-state index contributed by atoms with van der Waals surface area (Å²) in [5.74, 6) is 0.0868. The molecule has 0 saturated heterocycles. The van der Waals surface area contributed by atoms with Gasteiger partial charge < -0.3 is 4.90 Å². The van der Waals surface area contributed by atoms with Crippen LogP contribution in [0.2, 0.25) is 0 Å². The third kappa shape index (κ3) is 3.59. The Morgan fingerprint density at radius 3 is 2.65 bits per heavy atom. The van der Waals surface area contributed by atoms with Gasteiger partial charge in [0.25, 0.3) is 0 Å². The number of nitrogens with zero attached hydrogens (tertiary/aromatic N) is 2. The van der Waals surface area contributed by atoms with Gasteiger partial charge in [0.2, 0.25) is 5.91 Å². The molecule has 0 radical (unpaired) electrons. The van der Waals surface area contributed by atoms with Crippen LogP contribution in [-0.4, -0.2) is 22.8 Å². The summed E-state index contributed by atoms with van der Waals surface area (Å²) >= 11 is 1.63. The molecule has 3 nitrogen and oxygen atoms in total. The molecule has 0 bridgehead atoms. The molecule has 2 aromatic rings. The van der Waals surface area contributed by atoms with Gasteiger partial charge >= 0.3 is 0 Å². The zero-order valence-electron chi connectivity index (χ0n) is 13.7. The monoisotopic (exact) mass is 324 g/mol. The fourth-order valence-electron chi connectivity index (χ4n) is 2.63. The van der Waals surface area contributed by atoms with Crippen molar-refractivity contribution in [3.63, 3.8) is 0 Å². The quantitative estimate of drug-likeness (QED) is 0.847. The molecule has 23 heavy (non-hydrogen) atoms. The summed E-state index contributed by atoms with van der Waals surface area (Å²) in [5, 5.41) is 3.09. The average Bonchev–Trinajstić information content (AvgIpc) is 3.17. The smallest absolute Gasteiger partial charge is 0.250 e. The molecule has 4 heteroatoms. The minimum atomic E-state index is 0.0868. The number of carbonyl (C=O) groups excluding carboxylic acids is 1. The predicted molar refractivity (Wildman–Crippen MR) is 95.2 cm³/mol. The molecule has 1 amide bonds. The normalized spacial score (nSPS) is 13.7. The molecule has 1 aromatic heterocycles. The summed E-state index contributed by atoms with van der Waals surface area (Å²) in [6, 6.07) is 8.30. The Kier molecular flexibility index (Phi) is 4.44. The standard InChI is InChI=1S/C19H20N2OS/c1-13-4-6-15(7-5-13)11-21(3)19(22)17-9-8-16(10-17)18-12-23-14(2)20-18/h4-8,10,12H,9,11H2,1-3H3. The molecule has 0 N–H and O–H groups in total. The number of allylic oxidation sites excluding steroid dienone is 3. The van der Waals surface area contributed by atoms with Crippen LogP contribution in [0.25, 0.3) is 5.57 Å². The van der Waals surface area contributed by atoms with Crippen LogP contribution in [-0.2, 0) is 11.3 Å². The molecule has 0 atom stereocenters. The molecule has 0 spiro atoms. The van der Waals surface area contributed by atoms with Crippen molar-refractivity contribution in [3.05, 3.63) is 69.2 Å². The van der Waals surface area contributed by atoms with Crippen molar-refractivity contribution in [1.82, 2.24) is 9.88 Å². The minimum Gasteiger partial charge on any atom is -0.338 e. The highest BCUT2D eigenvalue weighted by molar-refractivity contribution is 7.09. The van der Waals surface area contributed by atoms with E-state index >= 15 is 0 Å². The molecular formula is C19H20N2OS. The van der Waals surface area contributed by atoms with E-state index in [4.69, 9.17) is 0 Å². The Morgan fingerprint density at radius 1 is 1.26 bits per heavy atom. The van der Waals surface area contributed by atoms with Crippen LogP contribution in [0, 0.1) is 13.8 Å². The Labute approximate surface area is 141 Å². The van der Waals surface area contributed by atoms with Crippen molar-refractivity contribution in [2.24, 2.45) is 0 Å². The van der Waals surface area contributed by atoms with Crippen LogP contribution in [0.1, 0.15) is 28.2 Å². The van der Waals surface area contributed by atoms with Gasteiger partial charge in [0.15, 0.2) is 0 Å². The van der Waals surface area contributed by atoms with Gasteiger partial charge in [-0.2, -0.15) is 0 Å². The number of aromatic nitrogens is 1. The number of thiazole rings is 1. The number of hydrogen-bond donors (Lipinski definition) is 0. The Hall–Kier alpha value is -2.20. The van der Waals surface area contributed by atoms with E-state index < -0.39 is 0 Å². The zero-order chi connectivity index (χ0) is 16.4. The maximum absolute atomic E-state index is 12.6. The molecule has 1 aliphatic carbocycles. The summed E-state index contributed by atoms with van der Waals surface area (Å²) < 4.78 is 0. The number of benzene rings is 1. The molecule has 3 rings (SSSR count). The summed E-state index contributed by atoms with van der Waals surface area (Å²) in [4.78, 5) is 18.9. The van der Waals surface area contributed by atoms with E-state index in [-0.39, 0.29) is 5.91 Å². The van der Waals surface area contributed by atoms with Gasteiger partial charge in [-0.25, -0.2) is 4.98 Å². The summed E-state index contributed by atoms with van der Waals surface area (Å²) in [5.41, 5.74) is 5.24. The third-order valence-electron chi connectivity index (χ3n) is 3.95. The van der Waals surface area contributed by atoms with E-state index in [0.717, 1.165) is 27.4 Å². The van der Waals surface area contributed by atoms with Crippen molar-refractivity contribution in [2.45, 2.75) is 26.8 Å². The molecule has 0 saturated carbocycles. The van der Waals surface area contributed by atoms with Gasteiger partial charge in [-0.1, -0.05) is 35.9 Å². The first-order valence-electron chi connectivity index (χ1n) is 7.67. The lowest BCUT2D eigenvalue weighted by molar-refractivity contribution is -0.126. The van der Waals surface area contributed by atoms with E-state index in [1.54, 1.807) is 16.2 Å². The van der Waals surface area contributed by atoms with Crippen LogP contribution >= 0.6 is 11.3 Å². The van der Waals surface area contributed by atoms with Crippen molar-refractivity contribution in [3.8, 4) is 0 Å². The van der Waals surface area contributed by atoms with Gasteiger partial charge in [-0.3, -0.25) is 4.79 Å².